The first-order valence-electron chi connectivity index (χ1n) is 6.99. The first-order valence-corrected chi connectivity index (χ1v) is 6.99. The fourth-order valence-corrected chi connectivity index (χ4v) is 2.66. The highest BCUT2D eigenvalue weighted by atomic mass is 16.5. The Bertz CT molecular complexity index is 371. The quantitative estimate of drug-likeness (QED) is 0.800. The van der Waals surface area contributed by atoms with E-state index in [1.807, 2.05) is 18.2 Å². The highest BCUT2D eigenvalue weighted by Crippen LogP contribution is 2.25. The van der Waals surface area contributed by atoms with Crippen molar-refractivity contribution in [1.82, 2.24) is 0 Å². The Kier molecular flexibility index (Phi) is 4.73. The van der Waals surface area contributed by atoms with Gasteiger partial charge in [-0.1, -0.05) is 32.1 Å². The van der Waals surface area contributed by atoms with Gasteiger partial charge in [-0.3, -0.25) is 0 Å². The van der Waals surface area contributed by atoms with Crippen LogP contribution in [0.1, 0.15) is 44.9 Å². The van der Waals surface area contributed by atoms with Gasteiger partial charge in [0, 0.05) is 29.5 Å². The van der Waals surface area contributed by atoms with Gasteiger partial charge in [-0.15, -0.1) is 0 Å². The Morgan fingerprint density at radius 2 is 1.72 bits per heavy atom. The molecule has 1 aromatic rings. The molecule has 3 N–H and O–H groups in total. The smallest absolute Gasteiger partial charge is 0.122 e. The van der Waals surface area contributed by atoms with Gasteiger partial charge in [0.05, 0.1) is 7.11 Å². The van der Waals surface area contributed by atoms with Gasteiger partial charge in [-0.25, -0.2) is 0 Å². The van der Waals surface area contributed by atoms with Gasteiger partial charge in [0.2, 0.25) is 0 Å². The molecule has 0 aliphatic heterocycles. The van der Waals surface area contributed by atoms with Crippen molar-refractivity contribution in [2.45, 2.75) is 51.0 Å². The molecule has 18 heavy (non-hydrogen) atoms. The molecule has 0 aromatic heterocycles. The minimum atomic E-state index is 0.580. The number of ether oxygens (including phenoxy) is 1. The van der Waals surface area contributed by atoms with Crippen molar-refractivity contribution in [1.29, 1.82) is 0 Å². The van der Waals surface area contributed by atoms with E-state index in [-0.39, 0.29) is 0 Å². The van der Waals surface area contributed by atoms with Gasteiger partial charge in [-0.05, 0) is 18.9 Å². The number of nitrogen functional groups attached to an aromatic ring is 1. The Balaban J connectivity index is 2.00. The molecule has 2 rings (SSSR count). The van der Waals surface area contributed by atoms with Crippen molar-refractivity contribution in [2.75, 3.05) is 18.2 Å². The van der Waals surface area contributed by atoms with Crippen LogP contribution in [0.15, 0.2) is 18.2 Å². The summed E-state index contributed by atoms with van der Waals surface area (Å²) >= 11 is 0. The maximum atomic E-state index is 5.88. The number of hydrogen-bond acceptors (Lipinski definition) is 3. The van der Waals surface area contributed by atoms with Crippen LogP contribution < -0.4 is 15.8 Å². The molecule has 0 radical (unpaired) electrons. The summed E-state index contributed by atoms with van der Waals surface area (Å²) in [6, 6.07) is 6.44. The number of benzene rings is 1. The van der Waals surface area contributed by atoms with Crippen molar-refractivity contribution in [2.24, 2.45) is 0 Å². The zero-order valence-electron chi connectivity index (χ0n) is 11.2. The topological polar surface area (TPSA) is 47.3 Å². The third-order valence-corrected chi connectivity index (χ3v) is 3.64. The molecule has 0 spiro atoms. The number of rotatable bonds is 3. The van der Waals surface area contributed by atoms with Gasteiger partial charge >= 0.3 is 0 Å². The molecule has 3 heteroatoms. The summed E-state index contributed by atoms with van der Waals surface area (Å²) in [5.41, 5.74) is 7.71. The summed E-state index contributed by atoms with van der Waals surface area (Å²) < 4.78 is 5.25. The van der Waals surface area contributed by atoms with E-state index >= 15 is 0 Å². The van der Waals surface area contributed by atoms with E-state index in [4.69, 9.17) is 10.5 Å². The Morgan fingerprint density at radius 3 is 2.39 bits per heavy atom. The van der Waals surface area contributed by atoms with Gasteiger partial charge in [0.15, 0.2) is 0 Å². The third-order valence-electron chi connectivity index (χ3n) is 3.64. The van der Waals surface area contributed by atoms with Gasteiger partial charge < -0.3 is 15.8 Å². The predicted octanol–water partition coefficient (Wildman–Crippen LogP) is 3.80. The molecule has 0 amide bonds. The molecule has 1 aliphatic carbocycles. The molecule has 1 aromatic carbocycles. The summed E-state index contributed by atoms with van der Waals surface area (Å²) in [6.45, 7) is 0. The molecule has 0 bridgehead atoms. The molecular formula is C15H24N2O. The average molecular weight is 248 g/mol. The van der Waals surface area contributed by atoms with Crippen molar-refractivity contribution < 1.29 is 4.74 Å². The van der Waals surface area contributed by atoms with Crippen LogP contribution in [0.5, 0.6) is 5.75 Å². The second-order valence-corrected chi connectivity index (χ2v) is 5.18. The number of nitrogens with two attached hydrogens (primary N) is 1. The average Bonchev–Trinajstić information content (AvgIpc) is 2.31. The molecule has 100 valence electrons. The summed E-state index contributed by atoms with van der Waals surface area (Å²) in [7, 11) is 1.67. The molecule has 0 saturated heterocycles. The Hall–Kier alpha value is -1.38. The predicted molar refractivity (Wildman–Crippen MR) is 77.1 cm³/mol. The maximum Gasteiger partial charge on any atom is 0.122 e. The van der Waals surface area contributed by atoms with E-state index in [9.17, 15) is 0 Å². The first kappa shape index (κ1) is 13.1. The number of anilines is 2. The van der Waals surface area contributed by atoms with E-state index < -0.39 is 0 Å². The maximum absolute atomic E-state index is 5.88. The molecular weight excluding hydrogens is 224 g/mol. The largest absolute Gasteiger partial charge is 0.497 e. The van der Waals surface area contributed by atoms with Crippen LogP contribution >= 0.6 is 0 Å². The Morgan fingerprint density at radius 1 is 1.06 bits per heavy atom. The zero-order chi connectivity index (χ0) is 12.8. The van der Waals surface area contributed by atoms with Crippen LogP contribution in [-0.2, 0) is 0 Å². The van der Waals surface area contributed by atoms with E-state index in [0.717, 1.165) is 17.1 Å². The zero-order valence-corrected chi connectivity index (χ0v) is 11.2. The number of methoxy groups -OCH3 is 1. The lowest BCUT2D eigenvalue weighted by atomic mass is 9.96. The molecule has 1 fully saturated rings. The lowest BCUT2D eigenvalue weighted by Gasteiger charge is -2.22. The van der Waals surface area contributed by atoms with Crippen LogP contribution in [0.3, 0.4) is 0 Å². The lowest BCUT2D eigenvalue weighted by molar-refractivity contribution is 0.415. The Labute approximate surface area is 110 Å². The first-order chi connectivity index (χ1) is 8.78. The monoisotopic (exact) mass is 248 g/mol. The van der Waals surface area contributed by atoms with E-state index in [2.05, 4.69) is 5.32 Å². The fourth-order valence-electron chi connectivity index (χ4n) is 2.66. The van der Waals surface area contributed by atoms with Crippen LogP contribution in [0.4, 0.5) is 11.4 Å². The van der Waals surface area contributed by atoms with E-state index in [1.54, 1.807) is 7.11 Å². The van der Waals surface area contributed by atoms with Crippen molar-refractivity contribution in [3.63, 3.8) is 0 Å². The third kappa shape index (κ3) is 3.83. The van der Waals surface area contributed by atoms with E-state index in [0.29, 0.717) is 6.04 Å². The van der Waals surface area contributed by atoms with Crippen molar-refractivity contribution in [3.8, 4) is 5.75 Å². The standard InChI is InChI=1S/C15H24N2O/c1-18-15-10-12(16)9-14(11-15)17-13-7-5-3-2-4-6-8-13/h9-11,13,17H,2-8,16H2,1H3. The highest BCUT2D eigenvalue weighted by Gasteiger charge is 2.11. The number of hydrogen-bond donors (Lipinski definition) is 2. The molecule has 0 unspecified atom stereocenters. The van der Waals surface area contributed by atoms with Gasteiger partial charge in [-0.2, -0.15) is 0 Å². The van der Waals surface area contributed by atoms with Crippen LogP contribution in [0.2, 0.25) is 0 Å². The van der Waals surface area contributed by atoms with Gasteiger partial charge in [0.1, 0.15) is 5.75 Å². The second-order valence-electron chi connectivity index (χ2n) is 5.18. The lowest BCUT2D eigenvalue weighted by Crippen LogP contribution is -2.20. The number of nitrogens with one attached hydrogen (secondary N) is 1. The minimum Gasteiger partial charge on any atom is -0.497 e. The summed E-state index contributed by atoms with van der Waals surface area (Å²) in [5, 5.41) is 3.60. The molecule has 3 nitrogen and oxygen atoms in total. The fraction of sp³-hybridized carbons (Fsp3) is 0.600. The molecule has 0 atom stereocenters. The van der Waals surface area contributed by atoms with Gasteiger partial charge in [0.25, 0.3) is 0 Å². The van der Waals surface area contributed by atoms with Crippen LogP contribution in [-0.4, -0.2) is 13.2 Å². The molecule has 1 aliphatic rings. The molecule has 0 heterocycles. The van der Waals surface area contributed by atoms with E-state index in [1.165, 1.54) is 44.9 Å². The minimum absolute atomic E-state index is 0.580. The summed E-state index contributed by atoms with van der Waals surface area (Å²) in [6.07, 6.45) is 9.33. The summed E-state index contributed by atoms with van der Waals surface area (Å²) in [4.78, 5) is 0. The van der Waals surface area contributed by atoms with Crippen LogP contribution in [0.25, 0.3) is 0 Å². The van der Waals surface area contributed by atoms with Crippen molar-refractivity contribution in [3.05, 3.63) is 18.2 Å². The van der Waals surface area contributed by atoms with Crippen LogP contribution in [0, 0.1) is 0 Å². The second kappa shape index (κ2) is 6.53. The summed E-state index contributed by atoms with van der Waals surface area (Å²) in [5.74, 6) is 0.823. The van der Waals surface area contributed by atoms with Crippen molar-refractivity contribution >= 4 is 11.4 Å². The SMILES string of the molecule is COc1cc(N)cc(NC2CCCCCCC2)c1. The molecule has 1 saturated carbocycles. The highest BCUT2D eigenvalue weighted by molar-refractivity contribution is 5.59. The normalized spacial score (nSPS) is 17.8.